The molecule has 0 radical (unpaired) electrons. The molecule has 0 bridgehead atoms. The van der Waals surface area contributed by atoms with Crippen LogP contribution in [0.15, 0.2) is 72.8 Å². The average Bonchev–Trinajstić information content (AvgIpc) is 3.33. The van der Waals surface area contributed by atoms with Crippen molar-refractivity contribution < 1.29 is 9.84 Å². The van der Waals surface area contributed by atoms with E-state index in [0.29, 0.717) is 24.2 Å². The number of ether oxygens (including phenoxy) is 1. The zero-order chi connectivity index (χ0) is 21.4. The van der Waals surface area contributed by atoms with Gasteiger partial charge in [0.1, 0.15) is 23.1 Å². The molecule has 1 aliphatic rings. The Morgan fingerprint density at radius 2 is 1.81 bits per heavy atom. The first-order valence-electron chi connectivity index (χ1n) is 10.9. The third-order valence-electron chi connectivity index (χ3n) is 6.71. The molecule has 1 heterocycles. The lowest BCUT2D eigenvalue weighted by Crippen LogP contribution is -2.31. The van der Waals surface area contributed by atoms with Crippen LogP contribution >= 0.6 is 11.3 Å². The van der Waals surface area contributed by atoms with Crippen molar-refractivity contribution in [1.29, 1.82) is 0 Å². The van der Waals surface area contributed by atoms with Crippen molar-refractivity contribution >= 4 is 21.6 Å². The number of aromatic nitrogens is 1. The summed E-state index contributed by atoms with van der Waals surface area (Å²) in [6.07, 6.45) is 2.16. The van der Waals surface area contributed by atoms with E-state index in [0.717, 1.165) is 34.7 Å². The van der Waals surface area contributed by atoms with Gasteiger partial charge in [0, 0.05) is 11.0 Å². The number of hydrogen-bond donors (Lipinski definition) is 1. The minimum atomic E-state index is -0.208. The normalized spacial score (nSPS) is 23.3. The third kappa shape index (κ3) is 3.59. The number of para-hydroxylation sites is 1. The molecule has 0 aliphatic heterocycles. The van der Waals surface area contributed by atoms with Gasteiger partial charge in [0.2, 0.25) is 0 Å². The second-order valence-electron chi connectivity index (χ2n) is 8.83. The molecule has 3 aromatic carbocycles. The maximum Gasteiger partial charge on any atom is 0.140 e. The highest BCUT2D eigenvalue weighted by Gasteiger charge is 2.47. The first-order valence-corrected chi connectivity index (χ1v) is 11.7. The summed E-state index contributed by atoms with van der Waals surface area (Å²) >= 11 is 1.66. The van der Waals surface area contributed by atoms with Crippen molar-refractivity contribution in [2.45, 2.75) is 38.7 Å². The summed E-state index contributed by atoms with van der Waals surface area (Å²) in [5.74, 6) is 2.14. The van der Waals surface area contributed by atoms with Crippen LogP contribution in [0.25, 0.3) is 10.2 Å². The van der Waals surface area contributed by atoms with Gasteiger partial charge in [-0.25, -0.2) is 4.98 Å². The van der Waals surface area contributed by atoms with Gasteiger partial charge in [0.05, 0.1) is 10.2 Å². The summed E-state index contributed by atoms with van der Waals surface area (Å²) < 4.78 is 7.33. The number of thiazole rings is 1. The van der Waals surface area contributed by atoms with E-state index in [1.807, 2.05) is 30.3 Å². The third-order valence-corrected chi connectivity index (χ3v) is 7.72. The van der Waals surface area contributed by atoms with E-state index in [-0.39, 0.29) is 5.41 Å². The van der Waals surface area contributed by atoms with Crippen LogP contribution in [0.2, 0.25) is 0 Å². The molecule has 1 aromatic heterocycles. The molecule has 158 valence electrons. The quantitative estimate of drug-likeness (QED) is 0.374. The molecule has 1 fully saturated rings. The van der Waals surface area contributed by atoms with Crippen LogP contribution < -0.4 is 4.74 Å². The zero-order valence-corrected chi connectivity index (χ0v) is 18.7. The highest BCUT2D eigenvalue weighted by Crippen LogP contribution is 2.55. The van der Waals surface area contributed by atoms with Gasteiger partial charge >= 0.3 is 0 Å². The smallest absolute Gasteiger partial charge is 0.140 e. The number of benzene rings is 3. The molecule has 4 heteroatoms. The maximum absolute atomic E-state index is 10.9. The fraction of sp³-hybridized carbons (Fsp3) is 0.296. The van der Waals surface area contributed by atoms with Crippen LogP contribution in [0.1, 0.15) is 42.8 Å². The highest BCUT2D eigenvalue weighted by molar-refractivity contribution is 7.18. The average molecular weight is 430 g/mol. The summed E-state index contributed by atoms with van der Waals surface area (Å²) in [5.41, 5.74) is 3.04. The second kappa shape index (κ2) is 8.01. The SMILES string of the molecule is CC1CC(C)C(c2ccccc2)(c2cc(OCc3nc4ccccc4s3)ccc2O)C1. The zero-order valence-electron chi connectivity index (χ0n) is 17.9. The van der Waals surface area contributed by atoms with Gasteiger partial charge in [0.25, 0.3) is 0 Å². The predicted octanol–water partition coefficient (Wildman–Crippen LogP) is 6.93. The van der Waals surface area contributed by atoms with Crippen LogP contribution in [-0.2, 0) is 12.0 Å². The molecule has 0 saturated heterocycles. The molecule has 0 amide bonds. The first kappa shape index (κ1) is 20.1. The molecule has 3 unspecified atom stereocenters. The number of phenolic OH excluding ortho intramolecular Hbond substituents is 1. The first-order chi connectivity index (χ1) is 15.1. The number of nitrogens with zero attached hydrogens (tertiary/aromatic N) is 1. The second-order valence-corrected chi connectivity index (χ2v) is 9.94. The number of phenols is 1. The molecule has 4 aromatic rings. The van der Waals surface area contributed by atoms with Gasteiger partial charge < -0.3 is 9.84 Å². The lowest BCUT2D eigenvalue weighted by Gasteiger charge is -2.36. The predicted molar refractivity (Wildman–Crippen MR) is 127 cm³/mol. The topological polar surface area (TPSA) is 42.4 Å². The molecular formula is C27H27NO2S. The van der Waals surface area contributed by atoms with Crippen molar-refractivity contribution in [1.82, 2.24) is 4.98 Å². The number of hydrogen-bond acceptors (Lipinski definition) is 4. The van der Waals surface area contributed by atoms with Crippen molar-refractivity contribution in [3.05, 3.63) is 88.9 Å². The summed E-state index contributed by atoms with van der Waals surface area (Å²) in [4.78, 5) is 4.67. The van der Waals surface area contributed by atoms with Crippen LogP contribution in [0, 0.1) is 11.8 Å². The summed E-state index contributed by atoms with van der Waals surface area (Å²) in [7, 11) is 0. The van der Waals surface area contributed by atoms with Gasteiger partial charge in [-0.2, -0.15) is 0 Å². The Hall–Kier alpha value is -2.85. The minimum Gasteiger partial charge on any atom is -0.508 e. The largest absolute Gasteiger partial charge is 0.508 e. The van der Waals surface area contributed by atoms with Crippen LogP contribution in [0.5, 0.6) is 11.5 Å². The van der Waals surface area contributed by atoms with Crippen LogP contribution in [-0.4, -0.2) is 10.1 Å². The van der Waals surface area contributed by atoms with Gasteiger partial charge in [0.15, 0.2) is 0 Å². The van der Waals surface area contributed by atoms with Crippen LogP contribution in [0.4, 0.5) is 0 Å². The van der Waals surface area contributed by atoms with Crippen LogP contribution in [0.3, 0.4) is 0 Å². The minimum absolute atomic E-state index is 0.208. The number of aromatic hydroxyl groups is 1. The monoisotopic (exact) mass is 429 g/mol. The standard InChI is InChI=1S/C27H27NO2S/c1-18-14-19(2)27(16-18,20-8-4-3-5-9-20)22-15-21(12-13-24(22)29)30-17-26-28-23-10-6-7-11-25(23)31-26/h3-13,15,18-19,29H,14,16-17H2,1-2H3. The van der Waals surface area contributed by atoms with Gasteiger partial charge in [-0.1, -0.05) is 56.3 Å². The molecule has 1 N–H and O–H groups in total. The van der Waals surface area contributed by atoms with Gasteiger partial charge in [-0.3, -0.25) is 0 Å². The highest BCUT2D eigenvalue weighted by atomic mass is 32.1. The van der Waals surface area contributed by atoms with E-state index < -0.39 is 0 Å². The Morgan fingerprint density at radius 3 is 2.55 bits per heavy atom. The molecule has 1 saturated carbocycles. The Labute approximate surface area is 187 Å². The van der Waals surface area contributed by atoms with E-state index in [9.17, 15) is 5.11 Å². The molecule has 3 atom stereocenters. The number of rotatable bonds is 5. The Bertz CT molecular complexity index is 1170. The van der Waals surface area contributed by atoms with Crippen molar-refractivity contribution in [3.63, 3.8) is 0 Å². The molecule has 1 aliphatic carbocycles. The van der Waals surface area contributed by atoms with E-state index >= 15 is 0 Å². The van der Waals surface area contributed by atoms with E-state index in [2.05, 4.69) is 55.2 Å². The number of fused-ring (bicyclic) bond motifs is 1. The fourth-order valence-corrected chi connectivity index (χ4v) is 6.28. The Kier molecular flexibility index (Phi) is 5.19. The van der Waals surface area contributed by atoms with Crippen molar-refractivity contribution in [2.24, 2.45) is 11.8 Å². The fourth-order valence-electron chi connectivity index (χ4n) is 5.40. The van der Waals surface area contributed by atoms with E-state index in [1.54, 1.807) is 17.4 Å². The summed E-state index contributed by atoms with van der Waals surface area (Å²) in [6.45, 7) is 5.05. The molecule has 0 spiro atoms. The van der Waals surface area contributed by atoms with Gasteiger partial charge in [-0.15, -0.1) is 11.3 Å². The summed E-state index contributed by atoms with van der Waals surface area (Å²) in [6, 6.07) is 24.5. The van der Waals surface area contributed by atoms with Crippen molar-refractivity contribution in [2.75, 3.05) is 0 Å². The molecule has 3 nitrogen and oxygen atoms in total. The van der Waals surface area contributed by atoms with E-state index in [1.165, 1.54) is 10.3 Å². The molecular weight excluding hydrogens is 402 g/mol. The van der Waals surface area contributed by atoms with Crippen molar-refractivity contribution in [3.8, 4) is 11.5 Å². The van der Waals surface area contributed by atoms with Gasteiger partial charge in [-0.05, 0) is 60.6 Å². The lowest BCUT2D eigenvalue weighted by molar-refractivity contribution is 0.302. The Balaban J connectivity index is 1.49. The molecule has 31 heavy (non-hydrogen) atoms. The Morgan fingerprint density at radius 1 is 1.03 bits per heavy atom. The lowest BCUT2D eigenvalue weighted by atomic mass is 9.67. The van der Waals surface area contributed by atoms with E-state index in [4.69, 9.17) is 4.74 Å². The summed E-state index contributed by atoms with van der Waals surface area (Å²) in [5, 5.41) is 11.9. The maximum atomic E-state index is 10.9. The molecule has 5 rings (SSSR count).